The van der Waals surface area contributed by atoms with E-state index >= 15 is 0 Å². The van der Waals surface area contributed by atoms with Crippen molar-refractivity contribution in [3.05, 3.63) is 22.3 Å². The Labute approximate surface area is 166 Å². The van der Waals surface area contributed by atoms with Gasteiger partial charge in [-0.1, -0.05) is 0 Å². The number of likely N-dealkylation sites (N-methyl/N-ethyl adjacent to an activating group) is 1. The molecular weight excluding hydrogens is 454 g/mol. The molecule has 0 aromatic carbocycles. The van der Waals surface area contributed by atoms with Crippen LogP contribution in [0.3, 0.4) is 0 Å². The van der Waals surface area contributed by atoms with Crippen LogP contribution < -0.4 is 4.74 Å². The molecule has 7 nitrogen and oxygen atoms in total. The highest BCUT2D eigenvalue weighted by atomic mass is 79.9. The Balaban J connectivity index is 2.22. The third-order valence-corrected chi connectivity index (χ3v) is 4.97. The van der Waals surface area contributed by atoms with Gasteiger partial charge in [0.2, 0.25) is 11.5 Å². The molecule has 0 bridgehead atoms. The number of rotatable bonds is 4. The minimum absolute atomic E-state index is 0.0126. The standard InChI is InChI=1S/C16H18BrF4N3O4/c1-15(27,16(19,20)21)14(26)24-6-10(18)11(7-24)23(2)13(25)9-4-8(17)5-22-12(9)28-3/h4-5,10-11,27H,6-7H2,1-3H3/t10-,11+,15?/m0/s1. The molecular formula is C16H18BrF4N3O4. The highest BCUT2D eigenvalue weighted by Crippen LogP contribution is 2.33. The zero-order valence-electron chi connectivity index (χ0n) is 15.1. The first-order valence-corrected chi connectivity index (χ1v) is 8.79. The predicted octanol–water partition coefficient (Wildman–Crippen LogP) is 1.79. The Bertz CT molecular complexity index is 775. The maximum Gasteiger partial charge on any atom is 0.426 e. The molecule has 156 valence electrons. The summed E-state index contributed by atoms with van der Waals surface area (Å²) >= 11 is 3.16. The summed E-state index contributed by atoms with van der Waals surface area (Å²) in [5, 5.41) is 9.53. The number of amides is 2. The van der Waals surface area contributed by atoms with Gasteiger partial charge in [-0.2, -0.15) is 13.2 Å². The van der Waals surface area contributed by atoms with Crippen LogP contribution in [-0.4, -0.2) is 82.9 Å². The van der Waals surface area contributed by atoms with Gasteiger partial charge in [0.1, 0.15) is 11.7 Å². The summed E-state index contributed by atoms with van der Waals surface area (Å²) in [6.07, 6.45) is -5.62. The van der Waals surface area contributed by atoms with E-state index in [-0.39, 0.29) is 11.4 Å². The lowest BCUT2D eigenvalue weighted by Gasteiger charge is -2.30. The smallest absolute Gasteiger partial charge is 0.426 e. The van der Waals surface area contributed by atoms with Crippen molar-refractivity contribution in [1.29, 1.82) is 0 Å². The number of likely N-dealkylation sites (tertiary alicyclic amines) is 1. The van der Waals surface area contributed by atoms with Gasteiger partial charge in [-0.05, 0) is 28.9 Å². The summed E-state index contributed by atoms with van der Waals surface area (Å²) in [6, 6.07) is 0.202. The third-order valence-electron chi connectivity index (χ3n) is 4.53. The van der Waals surface area contributed by atoms with E-state index in [9.17, 15) is 32.3 Å². The van der Waals surface area contributed by atoms with Gasteiger partial charge in [0.15, 0.2) is 0 Å². The minimum atomic E-state index is -5.22. The molecule has 1 aliphatic rings. The summed E-state index contributed by atoms with van der Waals surface area (Å²) in [5.74, 6) is -2.37. The SMILES string of the molecule is COc1ncc(Br)cc1C(=O)N(C)[C@@H]1CN(C(=O)C(C)(O)C(F)(F)F)C[C@@H]1F. The number of pyridine rings is 1. The number of aromatic nitrogens is 1. The van der Waals surface area contributed by atoms with Crippen molar-refractivity contribution in [2.75, 3.05) is 27.2 Å². The van der Waals surface area contributed by atoms with Gasteiger partial charge in [-0.15, -0.1) is 0 Å². The number of aliphatic hydroxyl groups is 1. The van der Waals surface area contributed by atoms with Crippen molar-refractivity contribution >= 4 is 27.7 Å². The quantitative estimate of drug-likeness (QED) is 0.676. The van der Waals surface area contributed by atoms with E-state index in [0.29, 0.717) is 16.3 Å². The second-order valence-corrected chi connectivity index (χ2v) is 7.41. The average molecular weight is 472 g/mol. The van der Waals surface area contributed by atoms with E-state index in [1.165, 1.54) is 26.4 Å². The van der Waals surface area contributed by atoms with Crippen LogP contribution in [0.1, 0.15) is 17.3 Å². The molecule has 2 amide bonds. The molecule has 0 aliphatic carbocycles. The number of nitrogens with zero attached hydrogens (tertiary/aromatic N) is 3. The first kappa shape index (κ1) is 22.3. The molecule has 12 heteroatoms. The summed E-state index contributed by atoms with van der Waals surface area (Å²) in [7, 11) is 2.55. The fraction of sp³-hybridized carbons (Fsp3) is 0.562. The van der Waals surface area contributed by atoms with Crippen molar-refractivity contribution in [2.24, 2.45) is 0 Å². The number of hydrogen-bond acceptors (Lipinski definition) is 5. The molecule has 1 aromatic heterocycles. The van der Waals surface area contributed by atoms with E-state index in [4.69, 9.17) is 4.74 Å². The number of methoxy groups -OCH3 is 1. The highest BCUT2D eigenvalue weighted by molar-refractivity contribution is 9.10. The van der Waals surface area contributed by atoms with Crippen LogP contribution in [0.15, 0.2) is 16.7 Å². The fourth-order valence-electron chi connectivity index (χ4n) is 2.79. The molecule has 28 heavy (non-hydrogen) atoms. The number of ether oxygens (including phenoxy) is 1. The van der Waals surface area contributed by atoms with Crippen molar-refractivity contribution in [3.63, 3.8) is 0 Å². The Morgan fingerprint density at radius 2 is 2.00 bits per heavy atom. The molecule has 2 rings (SSSR count). The zero-order valence-corrected chi connectivity index (χ0v) is 16.7. The normalized spacial score (nSPS) is 22.0. The highest BCUT2D eigenvalue weighted by Gasteiger charge is 2.58. The summed E-state index contributed by atoms with van der Waals surface area (Å²) in [5.41, 5.74) is -3.64. The summed E-state index contributed by atoms with van der Waals surface area (Å²) in [6.45, 7) is -0.873. The Morgan fingerprint density at radius 1 is 1.39 bits per heavy atom. The van der Waals surface area contributed by atoms with Crippen LogP contribution in [0, 0.1) is 0 Å². The van der Waals surface area contributed by atoms with Crippen LogP contribution in [-0.2, 0) is 4.79 Å². The second-order valence-electron chi connectivity index (χ2n) is 6.49. The second kappa shape index (κ2) is 7.82. The van der Waals surface area contributed by atoms with E-state index in [1.54, 1.807) is 0 Å². The monoisotopic (exact) mass is 471 g/mol. The van der Waals surface area contributed by atoms with Crippen LogP contribution >= 0.6 is 15.9 Å². The zero-order chi connectivity index (χ0) is 21.4. The molecule has 2 heterocycles. The number of alkyl halides is 4. The Kier molecular flexibility index (Phi) is 6.24. The molecule has 1 N–H and O–H groups in total. The van der Waals surface area contributed by atoms with Crippen LogP contribution in [0.25, 0.3) is 0 Å². The molecule has 1 saturated heterocycles. The molecule has 1 fully saturated rings. The van der Waals surface area contributed by atoms with Crippen molar-refractivity contribution in [1.82, 2.24) is 14.8 Å². The number of carbonyl (C=O) groups is 2. The molecule has 0 saturated carbocycles. The largest absolute Gasteiger partial charge is 0.480 e. The van der Waals surface area contributed by atoms with Gasteiger partial charge in [0.05, 0.1) is 19.7 Å². The van der Waals surface area contributed by atoms with Gasteiger partial charge in [-0.25, -0.2) is 9.37 Å². The van der Waals surface area contributed by atoms with Gasteiger partial charge >= 0.3 is 6.18 Å². The van der Waals surface area contributed by atoms with E-state index in [2.05, 4.69) is 20.9 Å². The summed E-state index contributed by atoms with van der Waals surface area (Å²) < 4.78 is 58.6. The predicted molar refractivity (Wildman–Crippen MR) is 92.5 cm³/mol. The van der Waals surface area contributed by atoms with Gasteiger partial charge in [0, 0.05) is 24.3 Å². The fourth-order valence-corrected chi connectivity index (χ4v) is 3.12. The number of halogens is 5. The van der Waals surface area contributed by atoms with E-state index in [1.807, 2.05) is 0 Å². The lowest BCUT2D eigenvalue weighted by Crippen LogP contribution is -2.56. The topological polar surface area (TPSA) is 83.0 Å². The van der Waals surface area contributed by atoms with Crippen molar-refractivity contribution in [2.45, 2.75) is 30.9 Å². The maximum absolute atomic E-state index is 14.5. The van der Waals surface area contributed by atoms with Crippen molar-refractivity contribution < 1.29 is 37.0 Å². The molecule has 3 atom stereocenters. The van der Waals surface area contributed by atoms with Crippen LogP contribution in [0.2, 0.25) is 0 Å². The van der Waals surface area contributed by atoms with Crippen LogP contribution in [0.4, 0.5) is 17.6 Å². The molecule has 0 radical (unpaired) electrons. The molecule has 1 aromatic rings. The average Bonchev–Trinajstić information content (AvgIpc) is 3.00. The molecule has 1 unspecified atom stereocenters. The molecule has 0 spiro atoms. The minimum Gasteiger partial charge on any atom is -0.480 e. The first-order chi connectivity index (χ1) is 12.8. The Hall–Kier alpha value is -1.95. The summed E-state index contributed by atoms with van der Waals surface area (Å²) in [4.78, 5) is 30.2. The van der Waals surface area contributed by atoms with Crippen molar-refractivity contribution in [3.8, 4) is 5.88 Å². The maximum atomic E-state index is 14.5. The molecule has 1 aliphatic heterocycles. The lowest BCUT2D eigenvalue weighted by molar-refractivity contribution is -0.249. The van der Waals surface area contributed by atoms with Gasteiger partial charge < -0.3 is 19.6 Å². The van der Waals surface area contributed by atoms with E-state index < -0.39 is 48.9 Å². The lowest BCUT2D eigenvalue weighted by atomic mass is 10.1. The number of hydrogen-bond donors (Lipinski definition) is 1. The van der Waals surface area contributed by atoms with E-state index in [0.717, 1.165) is 4.90 Å². The Morgan fingerprint density at radius 3 is 2.54 bits per heavy atom. The third kappa shape index (κ3) is 4.07. The van der Waals surface area contributed by atoms with Crippen LogP contribution in [0.5, 0.6) is 5.88 Å². The van der Waals surface area contributed by atoms with Gasteiger partial charge in [0.25, 0.3) is 11.8 Å². The van der Waals surface area contributed by atoms with Gasteiger partial charge in [-0.3, -0.25) is 9.59 Å². The first-order valence-electron chi connectivity index (χ1n) is 8.00. The number of carbonyl (C=O) groups excluding carboxylic acids is 2.